The van der Waals surface area contributed by atoms with Crippen LogP contribution >= 0.6 is 0 Å². The van der Waals surface area contributed by atoms with Gasteiger partial charge in [-0.3, -0.25) is 0 Å². The lowest BCUT2D eigenvalue weighted by molar-refractivity contribution is -0.0459. The number of morpholine rings is 1. The summed E-state index contributed by atoms with van der Waals surface area (Å²) in [5.41, 5.74) is 0. The molecule has 2 aliphatic rings. The number of hydrogen-bond donors (Lipinski definition) is 1. The molecule has 2 aliphatic heterocycles. The SMILES string of the molecule is CCCN(C1CNC1)S(=O)(=O)N1CC(C)OC(C)C1. The molecule has 2 fully saturated rings. The molecule has 6 nitrogen and oxygen atoms in total. The largest absolute Gasteiger partial charge is 0.373 e. The third kappa shape index (κ3) is 3.28. The molecule has 0 bridgehead atoms. The second-order valence-electron chi connectivity index (χ2n) is 5.50. The molecule has 7 heteroatoms. The van der Waals surface area contributed by atoms with Crippen molar-refractivity contribution in [1.82, 2.24) is 13.9 Å². The van der Waals surface area contributed by atoms with Crippen molar-refractivity contribution in [1.29, 1.82) is 0 Å². The van der Waals surface area contributed by atoms with Crippen LogP contribution in [0.25, 0.3) is 0 Å². The minimum absolute atomic E-state index is 0.0403. The molecule has 0 spiro atoms. The predicted molar refractivity (Wildman–Crippen MR) is 74.2 cm³/mol. The zero-order valence-corrected chi connectivity index (χ0v) is 12.8. The summed E-state index contributed by atoms with van der Waals surface area (Å²) in [5, 5.41) is 3.14. The van der Waals surface area contributed by atoms with E-state index >= 15 is 0 Å². The summed E-state index contributed by atoms with van der Waals surface area (Å²) in [5.74, 6) is 0. The summed E-state index contributed by atoms with van der Waals surface area (Å²) in [6.45, 7) is 8.87. The Morgan fingerprint density at radius 2 is 1.84 bits per heavy atom. The Balaban J connectivity index is 2.13. The van der Waals surface area contributed by atoms with E-state index in [4.69, 9.17) is 4.74 Å². The van der Waals surface area contributed by atoms with Crippen LogP contribution in [0.4, 0.5) is 0 Å². The van der Waals surface area contributed by atoms with E-state index < -0.39 is 10.2 Å². The standard InChI is InChI=1S/C12H25N3O3S/c1-4-5-15(12-6-13-7-12)19(16,17)14-8-10(2)18-11(3)9-14/h10-13H,4-9H2,1-3H3. The van der Waals surface area contributed by atoms with Gasteiger partial charge >= 0.3 is 0 Å². The Hall–Kier alpha value is -0.210. The van der Waals surface area contributed by atoms with E-state index in [9.17, 15) is 8.42 Å². The van der Waals surface area contributed by atoms with Crippen molar-refractivity contribution in [2.45, 2.75) is 45.4 Å². The van der Waals surface area contributed by atoms with Crippen molar-refractivity contribution in [3.63, 3.8) is 0 Å². The maximum Gasteiger partial charge on any atom is 0.282 e. The van der Waals surface area contributed by atoms with Crippen LogP contribution in [0.15, 0.2) is 0 Å². The molecular weight excluding hydrogens is 266 g/mol. The van der Waals surface area contributed by atoms with Crippen LogP contribution < -0.4 is 5.32 Å². The highest BCUT2D eigenvalue weighted by molar-refractivity contribution is 7.86. The van der Waals surface area contributed by atoms with Crippen molar-refractivity contribution in [2.24, 2.45) is 0 Å². The highest BCUT2D eigenvalue weighted by atomic mass is 32.2. The van der Waals surface area contributed by atoms with E-state index in [2.05, 4.69) is 5.32 Å². The van der Waals surface area contributed by atoms with Crippen molar-refractivity contribution in [3.05, 3.63) is 0 Å². The van der Waals surface area contributed by atoms with Gasteiger partial charge in [-0.15, -0.1) is 0 Å². The fourth-order valence-corrected chi connectivity index (χ4v) is 4.68. The second kappa shape index (κ2) is 6.05. The zero-order valence-electron chi connectivity index (χ0n) is 12.0. The van der Waals surface area contributed by atoms with Crippen molar-refractivity contribution in [2.75, 3.05) is 32.7 Å². The molecule has 1 N–H and O–H groups in total. The normalized spacial score (nSPS) is 30.5. The molecule has 0 aromatic heterocycles. The van der Waals surface area contributed by atoms with Crippen LogP contribution in [0, 0.1) is 0 Å². The second-order valence-corrected chi connectivity index (χ2v) is 7.39. The molecule has 2 saturated heterocycles. The van der Waals surface area contributed by atoms with Crippen molar-refractivity contribution < 1.29 is 13.2 Å². The van der Waals surface area contributed by atoms with Gasteiger partial charge in [-0.1, -0.05) is 6.92 Å². The van der Waals surface area contributed by atoms with Crippen LogP contribution in [-0.4, -0.2) is 68.0 Å². The molecule has 0 saturated carbocycles. The Labute approximate surface area is 116 Å². The summed E-state index contributed by atoms with van der Waals surface area (Å²) >= 11 is 0. The van der Waals surface area contributed by atoms with Crippen LogP contribution in [0.3, 0.4) is 0 Å². The van der Waals surface area contributed by atoms with E-state index in [1.165, 1.54) is 0 Å². The summed E-state index contributed by atoms with van der Waals surface area (Å²) in [7, 11) is -3.37. The summed E-state index contributed by atoms with van der Waals surface area (Å²) in [6.07, 6.45) is 0.758. The minimum atomic E-state index is -3.37. The number of rotatable bonds is 5. The summed E-state index contributed by atoms with van der Waals surface area (Å²) < 4.78 is 34.4. The fourth-order valence-electron chi connectivity index (χ4n) is 2.65. The van der Waals surface area contributed by atoms with Crippen molar-refractivity contribution >= 4 is 10.2 Å². The Morgan fingerprint density at radius 1 is 1.26 bits per heavy atom. The van der Waals surface area contributed by atoms with E-state index in [1.807, 2.05) is 20.8 Å². The molecular formula is C12H25N3O3S. The van der Waals surface area contributed by atoms with Crippen LogP contribution in [-0.2, 0) is 14.9 Å². The first-order chi connectivity index (χ1) is 8.95. The Bertz CT molecular complexity index is 387. The Kier molecular flexibility index (Phi) is 4.84. The van der Waals surface area contributed by atoms with Gasteiger partial charge in [-0.25, -0.2) is 0 Å². The van der Waals surface area contributed by atoms with Gasteiger partial charge in [0, 0.05) is 32.7 Å². The highest BCUT2D eigenvalue weighted by Crippen LogP contribution is 2.20. The number of nitrogens with zero attached hydrogens (tertiary/aromatic N) is 2. The number of ether oxygens (including phenoxy) is 1. The number of nitrogens with one attached hydrogen (secondary N) is 1. The van der Waals surface area contributed by atoms with Gasteiger partial charge in [-0.2, -0.15) is 17.0 Å². The average Bonchev–Trinajstić information content (AvgIpc) is 2.24. The molecule has 0 aliphatic carbocycles. The first-order valence-corrected chi connectivity index (χ1v) is 8.48. The van der Waals surface area contributed by atoms with Gasteiger partial charge in [0.2, 0.25) is 0 Å². The fraction of sp³-hybridized carbons (Fsp3) is 1.00. The molecule has 2 heterocycles. The lowest BCUT2D eigenvalue weighted by Gasteiger charge is -2.42. The first kappa shape index (κ1) is 15.2. The third-order valence-corrected chi connectivity index (χ3v) is 5.64. The first-order valence-electron chi connectivity index (χ1n) is 7.08. The smallest absolute Gasteiger partial charge is 0.282 e. The molecule has 2 unspecified atom stereocenters. The lowest BCUT2D eigenvalue weighted by Crippen LogP contribution is -2.63. The lowest BCUT2D eigenvalue weighted by atomic mass is 10.2. The zero-order chi connectivity index (χ0) is 14.0. The average molecular weight is 291 g/mol. The molecule has 0 amide bonds. The number of hydrogen-bond acceptors (Lipinski definition) is 4. The van der Waals surface area contributed by atoms with Gasteiger partial charge in [0.05, 0.1) is 18.2 Å². The summed E-state index contributed by atoms with van der Waals surface area (Å²) in [4.78, 5) is 0. The quantitative estimate of drug-likeness (QED) is 0.776. The molecule has 0 radical (unpaired) electrons. The maximum atomic E-state index is 12.8. The van der Waals surface area contributed by atoms with Gasteiger partial charge in [0.25, 0.3) is 10.2 Å². The monoisotopic (exact) mass is 291 g/mol. The topological polar surface area (TPSA) is 61.9 Å². The van der Waals surface area contributed by atoms with E-state index in [1.54, 1.807) is 8.61 Å². The molecule has 0 aromatic carbocycles. The van der Waals surface area contributed by atoms with E-state index in [-0.39, 0.29) is 18.2 Å². The van der Waals surface area contributed by atoms with Gasteiger partial charge < -0.3 is 10.1 Å². The van der Waals surface area contributed by atoms with Crippen LogP contribution in [0.2, 0.25) is 0 Å². The maximum absolute atomic E-state index is 12.8. The predicted octanol–water partition coefficient (Wildman–Crippen LogP) is 0.0242. The Morgan fingerprint density at radius 3 is 2.26 bits per heavy atom. The van der Waals surface area contributed by atoms with Crippen LogP contribution in [0.1, 0.15) is 27.2 Å². The third-order valence-electron chi connectivity index (χ3n) is 3.62. The summed E-state index contributed by atoms with van der Waals surface area (Å²) in [6, 6.07) is 0.110. The minimum Gasteiger partial charge on any atom is -0.373 e. The van der Waals surface area contributed by atoms with Gasteiger partial charge in [0.15, 0.2) is 0 Å². The van der Waals surface area contributed by atoms with Gasteiger partial charge in [-0.05, 0) is 20.3 Å². The van der Waals surface area contributed by atoms with Crippen LogP contribution in [0.5, 0.6) is 0 Å². The molecule has 2 rings (SSSR count). The van der Waals surface area contributed by atoms with E-state index in [0.29, 0.717) is 19.6 Å². The highest BCUT2D eigenvalue weighted by Gasteiger charge is 2.39. The molecule has 112 valence electrons. The van der Waals surface area contributed by atoms with E-state index in [0.717, 1.165) is 19.5 Å². The molecule has 2 atom stereocenters. The molecule has 19 heavy (non-hydrogen) atoms. The van der Waals surface area contributed by atoms with Crippen molar-refractivity contribution in [3.8, 4) is 0 Å². The van der Waals surface area contributed by atoms with Gasteiger partial charge in [0.1, 0.15) is 0 Å². The molecule has 0 aromatic rings.